The van der Waals surface area contributed by atoms with Crippen LogP contribution in [0.3, 0.4) is 0 Å². The van der Waals surface area contributed by atoms with E-state index in [1.807, 2.05) is 0 Å². The number of carboxylic acids is 2. The Labute approximate surface area is 106 Å². The molecule has 0 spiro atoms. The summed E-state index contributed by atoms with van der Waals surface area (Å²) in [4.78, 5) is 18.0. The van der Waals surface area contributed by atoms with E-state index in [0.29, 0.717) is 0 Å². The van der Waals surface area contributed by atoms with E-state index < -0.39 is 11.9 Å². The molecule has 96 valence electrons. The molecule has 4 N–H and O–H groups in total. The maximum Gasteiger partial charge on any atom is 0.300 e. The zero-order chi connectivity index (χ0) is 14.0. The van der Waals surface area contributed by atoms with E-state index in [2.05, 4.69) is 15.9 Å². The van der Waals surface area contributed by atoms with Gasteiger partial charge in [0.1, 0.15) is 0 Å². The van der Waals surface area contributed by atoms with Crippen molar-refractivity contribution in [1.29, 1.82) is 0 Å². The first-order valence-electron chi connectivity index (χ1n) is 4.23. The molecule has 0 bridgehead atoms. The Bertz CT molecular complexity index is 357. The summed E-state index contributed by atoms with van der Waals surface area (Å²) in [7, 11) is 0. The van der Waals surface area contributed by atoms with Crippen LogP contribution in [0.5, 0.6) is 11.5 Å². The van der Waals surface area contributed by atoms with Gasteiger partial charge in [-0.15, -0.1) is 0 Å². The van der Waals surface area contributed by atoms with Crippen LogP contribution in [0.2, 0.25) is 0 Å². The fourth-order valence-corrected chi connectivity index (χ4v) is 0.846. The first kappa shape index (κ1) is 17.6. The zero-order valence-corrected chi connectivity index (χ0v) is 10.8. The van der Waals surface area contributed by atoms with Gasteiger partial charge in [0.2, 0.25) is 0 Å². The number of carbonyl (C=O) groups is 2. The average Bonchev–Trinajstić information content (AvgIpc) is 2.10. The second-order valence-corrected chi connectivity index (χ2v) is 3.59. The highest BCUT2D eigenvalue weighted by molar-refractivity contribution is 9.10. The molecule has 1 rings (SSSR count). The SMILES string of the molecule is CC(=O)O.CC(=O)O.Oc1ccc(Br)cc1O. The van der Waals surface area contributed by atoms with Gasteiger partial charge in [-0.25, -0.2) is 0 Å². The summed E-state index contributed by atoms with van der Waals surface area (Å²) in [5.41, 5.74) is 0. The van der Waals surface area contributed by atoms with Gasteiger partial charge in [0.25, 0.3) is 11.9 Å². The number of phenolic OH excluding ortho intramolecular Hbond substituents is 2. The molecule has 0 saturated carbocycles. The summed E-state index contributed by atoms with van der Waals surface area (Å²) >= 11 is 3.13. The number of rotatable bonds is 0. The number of hydrogen-bond acceptors (Lipinski definition) is 4. The van der Waals surface area contributed by atoms with Crippen LogP contribution in [0.15, 0.2) is 22.7 Å². The highest BCUT2D eigenvalue weighted by Crippen LogP contribution is 2.26. The average molecular weight is 309 g/mol. The van der Waals surface area contributed by atoms with Gasteiger partial charge in [-0.1, -0.05) is 15.9 Å². The van der Waals surface area contributed by atoms with Crippen LogP contribution < -0.4 is 0 Å². The van der Waals surface area contributed by atoms with Crippen molar-refractivity contribution in [3.63, 3.8) is 0 Å². The van der Waals surface area contributed by atoms with Crippen LogP contribution in [-0.2, 0) is 9.59 Å². The summed E-state index contributed by atoms with van der Waals surface area (Å²) < 4.78 is 0.748. The van der Waals surface area contributed by atoms with Crippen LogP contribution in [-0.4, -0.2) is 32.4 Å². The molecule has 17 heavy (non-hydrogen) atoms. The van der Waals surface area contributed by atoms with Gasteiger partial charge in [0, 0.05) is 18.3 Å². The largest absolute Gasteiger partial charge is 0.504 e. The van der Waals surface area contributed by atoms with Gasteiger partial charge in [-0.2, -0.15) is 0 Å². The quantitative estimate of drug-likeness (QED) is 0.545. The third-order valence-electron chi connectivity index (χ3n) is 0.937. The van der Waals surface area contributed by atoms with Crippen molar-refractivity contribution in [2.24, 2.45) is 0 Å². The summed E-state index contributed by atoms with van der Waals surface area (Å²) in [6.07, 6.45) is 0. The molecule has 0 unspecified atom stereocenters. The van der Waals surface area contributed by atoms with E-state index in [1.165, 1.54) is 12.1 Å². The number of halogens is 1. The molecule has 0 aliphatic heterocycles. The predicted octanol–water partition coefficient (Wildman–Crippen LogP) is 2.04. The Morgan fingerprint density at radius 3 is 1.59 bits per heavy atom. The summed E-state index contributed by atoms with van der Waals surface area (Å²) in [6.45, 7) is 2.17. The molecule has 0 amide bonds. The Morgan fingerprint density at radius 1 is 1.00 bits per heavy atom. The Balaban J connectivity index is 0. The number of aromatic hydroxyl groups is 2. The van der Waals surface area contributed by atoms with Gasteiger partial charge < -0.3 is 20.4 Å². The molecule has 6 nitrogen and oxygen atoms in total. The number of aliphatic carboxylic acids is 2. The predicted molar refractivity (Wildman–Crippen MR) is 64.1 cm³/mol. The third-order valence-corrected chi connectivity index (χ3v) is 1.43. The second kappa shape index (κ2) is 9.46. The van der Waals surface area contributed by atoms with Crippen LogP contribution in [0.1, 0.15) is 13.8 Å². The van der Waals surface area contributed by atoms with Gasteiger partial charge in [-0.3, -0.25) is 9.59 Å². The molecule has 1 aromatic carbocycles. The highest BCUT2D eigenvalue weighted by Gasteiger charge is 1.95. The number of hydrogen-bond donors (Lipinski definition) is 4. The number of benzene rings is 1. The van der Waals surface area contributed by atoms with Crippen LogP contribution in [0.4, 0.5) is 0 Å². The van der Waals surface area contributed by atoms with Crippen molar-refractivity contribution >= 4 is 27.9 Å². The Morgan fingerprint density at radius 2 is 1.35 bits per heavy atom. The van der Waals surface area contributed by atoms with Gasteiger partial charge >= 0.3 is 0 Å². The smallest absolute Gasteiger partial charge is 0.300 e. The standard InChI is InChI=1S/C6H5BrO2.2C2H4O2/c7-4-1-2-5(8)6(9)3-4;2*1-2(3)4/h1-3,8-9H;2*1H3,(H,3,4). The number of phenols is 2. The van der Waals surface area contributed by atoms with E-state index in [1.54, 1.807) is 6.07 Å². The van der Waals surface area contributed by atoms with Crippen molar-refractivity contribution in [3.8, 4) is 11.5 Å². The van der Waals surface area contributed by atoms with E-state index in [4.69, 9.17) is 30.0 Å². The minimum Gasteiger partial charge on any atom is -0.504 e. The Hall–Kier alpha value is -1.76. The topological polar surface area (TPSA) is 115 Å². The fraction of sp³-hybridized carbons (Fsp3) is 0.200. The highest BCUT2D eigenvalue weighted by atomic mass is 79.9. The summed E-state index contributed by atoms with van der Waals surface area (Å²) in [5.74, 6) is -1.87. The third kappa shape index (κ3) is 16.9. The van der Waals surface area contributed by atoms with E-state index >= 15 is 0 Å². The zero-order valence-electron chi connectivity index (χ0n) is 9.22. The minimum absolute atomic E-state index is 0.0989. The number of carboxylic acid groups (broad SMARTS) is 2. The lowest BCUT2D eigenvalue weighted by atomic mass is 10.3. The molecule has 0 radical (unpaired) electrons. The van der Waals surface area contributed by atoms with Crippen LogP contribution in [0, 0.1) is 0 Å². The molecular formula is C10H13BrO6. The molecule has 0 saturated heterocycles. The van der Waals surface area contributed by atoms with Crippen molar-refractivity contribution in [1.82, 2.24) is 0 Å². The molecular weight excluding hydrogens is 296 g/mol. The van der Waals surface area contributed by atoms with E-state index in [0.717, 1.165) is 18.3 Å². The van der Waals surface area contributed by atoms with Gasteiger partial charge in [-0.05, 0) is 18.2 Å². The van der Waals surface area contributed by atoms with Gasteiger partial charge in [0.15, 0.2) is 11.5 Å². The molecule has 0 aliphatic carbocycles. The molecule has 0 heterocycles. The van der Waals surface area contributed by atoms with Crippen molar-refractivity contribution < 1.29 is 30.0 Å². The lowest BCUT2D eigenvalue weighted by Crippen LogP contribution is -1.78. The van der Waals surface area contributed by atoms with Crippen LogP contribution in [0.25, 0.3) is 0 Å². The van der Waals surface area contributed by atoms with E-state index in [-0.39, 0.29) is 11.5 Å². The molecule has 0 atom stereocenters. The first-order valence-corrected chi connectivity index (χ1v) is 5.02. The summed E-state index contributed by atoms with van der Waals surface area (Å²) in [6, 6.07) is 4.49. The maximum absolute atomic E-state index is 9.00. The molecule has 0 fully saturated rings. The molecule has 0 aromatic heterocycles. The van der Waals surface area contributed by atoms with Crippen LogP contribution >= 0.6 is 15.9 Å². The minimum atomic E-state index is -0.833. The summed E-state index contributed by atoms with van der Waals surface area (Å²) in [5, 5.41) is 32.4. The first-order chi connectivity index (χ1) is 7.66. The molecule has 1 aromatic rings. The molecule has 0 aliphatic rings. The van der Waals surface area contributed by atoms with E-state index in [9.17, 15) is 0 Å². The fourth-order valence-electron chi connectivity index (χ4n) is 0.497. The lowest BCUT2D eigenvalue weighted by Gasteiger charge is -1.94. The van der Waals surface area contributed by atoms with Crippen molar-refractivity contribution in [2.75, 3.05) is 0 Å². The lowest BCUT2D eigenvalue weighted by molar-refractivity contribution is -0.135. The van der Waals surface area contributed by atoms with Crippen molar-refractivity contribution in [3.05, 3.63) is 22.7 Å². The van der Waals surface area contributed by atoms with Crippen molar-refractivity contribution in [2.45, 2.75) is 13.8 Å². The second-order valence-electron chi connectivity index (χ2n) is 2.67. The maximum atomic E-state index is 9.00. The Kier molecular flexibility index (Phi) is 9.82. The van der Waals surface area contributed by atoms with Gasteiger partial charge in [0.05, 0.1) is 0 Å². The normalized spacial score (nSPS) is 7.94. The monoisotopic (exact) mass is 308 g/mol. The molecule has 7 heteroatoms.